The van der Waals surface area contributed by atoms with E-state index in [2.05, 4.69) is 0 Å². The van der Waals surface area contributed by atoms with Gasteiger partial charge in [-0.1, -0.05) is 60.3 Å². The minimum Gasteiger partial charge on any atom is -0.493 e. The summed E-state index contributed by atoms with van der Waals surface area (Å²) in [4.78, 5) is 26.4. The fourth-order valence-electron chi connectivity index (χ4n) is 3.45. The summed E-state index contributed by atoms with van der Waals surface area (Å²) in [6.45, 7) is 0.553. The van der Waals surface area contributed by atoms with Crippen molar-refractivity contribution in [1.82, 2.24) is 4.90 Å². The Balaban J connectivity index is 1.41. The summed E-state index contributed by atoms with van der Waals surface area (Å²) in [5, 5.41) is -0.803. The number of rotatable bonds is 8. The minimum absolute atomic E-state index is 0.136. The number of carbonyl (C=O) groups is 2. The van der Waals surface area contributed by atoms with E-state index in [0.29, 0.717) is 30.1 Å². The first-order valence-corrected chi connectivity index (χ1v) is 11.0. The Labute approximate surface area is 190 Å². The van der Waals surface area contributed by atoms with Gasteiger partial charge in [-0.25, -0.2) is 4.39 Å². The van der Waals surface area contributed by atoms with Crippen LogP contribution < -0.4 is 9.47 Å². The molecule has 0 unspecified atom stereocenters. The van der Waals surface area contributed by atoms with E-state index in [0.717, 1.165) is 22.9 Å². The maximum absolute atomic E-state index is 13.1. The highest BCUT2D eigenvalue weighted by atomic mass is 32.2. The molecule has 0 N–H and O–H groups in total. The van der Waals surface area contributed by atoms with Crippen LogP contribution in [0.3, 0.4) is 0 Å². The molecule has 1 aliphatic rings. The molecular formula is C25H22FNO4S. The molecule has 0 saturated carbocycles. The van der Waals surface area contributed by atoms with Gasteiger partial charge in [-0.3, -0.25) is 14.5 Å². The van der Waals surface area contributed by atoms with Crippen LogP contribution >= 0.6 is 11.8 Å². The fraction of sp³-hybridized carbons (Fsp3) is 0.200. The highest BCUT2D eigenvalue weighted by molar-refractivity contribution is 8.15. The van der Waals surface area contributed by atoms with Crippen LogP contribution in [0.2, 0.25) is 0 Å². The lowest BCUT2D eigenvalue weighted by Gasteiger charge is -2.15. The molecule has 1 atom stereocenters. The van der Waals surface area contributed by atoms with E-state index in [9.17, 15) is 14.0 Å². The Kier molecular flexibility index (Phi) is 6.75. The smallest absolute Gasteiger partial charge is 0.289 e. The van der Waals surface area contributed by atoms with Crippen LogP contribution in [-0.4, -0.2) is 28.4 Å². The largest absolute Gasteiger partial charge is 0.493 e. The average molecular weight is 452 g/mol. The summed E-state index contributed by atoms with van der Waals surface area (Å²) >= 11 is 1.02. The zero-order valence-electron chi connectivity index (χ0n) is 17.5. The zero-order chi connectivity index (χ0) is 22.5. The van der Waals surface area contributed by atoms with Gasteiger partial charge in [0.05, 0.1) is 18.9 Å². The molecule has 164 valence electrons. The van der Waals surface area contributed by atoms with Crippen molar-refractivity contribution in [3.63, 3.8) is 0 Å². The van der Waals surface area contributed by atoms with Gasteiger partial charge in [0.25, 0.3) is 5.24 Å². The summed E-state index contributed by atoms with van der Waals surface area (Å²) in [5.74, 6) is 0.584. The molecule has 0 radical (unpaired) electrons. The number of benzene rings is 3. The number of ether oxygens (including phenoxy) is 2. The lowest BCUT2D eigenvalue weighted by atomic mass is 10.1. The topological polar surface area (TPSA) is 55.8 Å². The van der Waals surface area contributed by atoms with Gasteiger partial charge in [0.2, 0.25) is 5.91 Å². The predicted octanol–water partition coefficient (Wildman–Crippen LogP) is 5.22. The van der Waals surface area contributed by atoms with Crippen molar-refractivity contribution in [2.24, 2.45) is 0 Å². The van der Waals surface area contributed by atoms with Gasteiger partial charge < -0.3 is 9.47 Å². The van der Waals surface area contributed by atoms with Crippen molar-refractivity contribution in [3.8, 4) is 11.5 Å². The van der Waals surface area contributed by atoms with Crippen molar-refractivity contribution in [1.29, 1.82) is 0 Å². The van der Waals surface area contributed by atoms with Crippen LogP contribution in [0.1, 0.15) is 16.7 Å². The van der Waals surface area contributed by atoms with Crippen LogP contribution in [0.25, 0.3) is 0 Å². The number of hydrogen-bond acceptors (Lipinski definition) is 5. The third-order valence-electron chi connectivity index (χ3n) is 5.15. The molecule has 1 fully saturated rings. The number of amides is 2. The molecule has 1 heterocycles. The molecule has 0 aromatic heterocycles. The molecule has 32 heavy (non-hydrogen) atoms. The second-order valence-corrected chi connectivity index (χ2v) is 8.54. The molecule has 1 aliphatic heterocycles. The van der Waals surface area contributed by atoms with Crippen LogP contribution in [0.4, 0.5) is 9.18 Å². The molecule has 1 saturated heterocycles. The molecule has 0 bridgehead atoms. The van der Waals surface area contributed by atoms with Crippen molar-refractivity contribution in [2.45, 2.75) is 24.8 Å². The normalized spacial score (nSPS) is 15.8. The Morgan fingerprint density at radius 3 is 2.34 bits per heavy atom. The van der Waals surface area contributed by atoms with Gasteiger partial charge in [-0.2, -0.15) is 0 Å². The number of thioether (sulfide) groups is 1. The number of methoxy groups -OCH3 is 1. The molecular weight excluding hydrogens is 429 g/mol. The van der Waals surface area contributed by atoms with Gasteiger partial charge in [0, 0.05) is 0 Å². The summed E-state index contributed by atoms with van der Waals surface area (Å²) in [5.41, 5.74) is 2.62. The fourth-order valence-corrected chi connectivity index (χ4v) is 4.48. The zero-order valence-corrected chi connectivity index (χ0v) is 18.3. The van der Waals surface area contributed by atoms with E-state index >= 15 is 0 Å². The van der Waals surface area contributed by atoms with Gasteiger partial charge >= 0.3 is 0 Å². The molecule has 0 aliphatic carbocycles. The molecule has 3 aromatic rings. The lowest BCUT2D eigenvalue weighted by Crippen LogP contribution is -2.31. The van der Waals surface area contributed by atoms with Crippen LogP contribution in [-0.2, 0) is 24.4 Å². The van der Waals surface area contributed by atoms with E-state index in [1.807, 2.05) is 48.5 Å². The van der Waals surface area contributed by atoms with E-state index in [4.69, 9.17) is 9.47 Å². The Morgan fingerprint density at radius 2 is 1.62 bits per heavy atom. The van der Waals surface area contributed by atoms with Gasteiger partial charge in [-0.15, -0.1) is 0 Å². The quantitative estimate of drug-likeness (QED) is 0.470. The first kappa shape index (κ1) is 21.9. The highest BCUT2D eigenvalue weighted by Gasteiger charge is 2.39. The maximum atomic E-state index is 13.1. The Bertz CT molecular complexity index is 1100. The highest BCUT2D eigenvalue weighted by Crippen LogP contribution is 2.34. The van der Waals surface area contributed by atoms with Crippen LogP contribution in [0.5, 0.6) is 11.5 Å². The number of carbonyl (C=O) groups excluding carboxylic acids is 2. The third-order valence-corrected chi connectivity index (χ3v) is 6.22. The number of hydrogen-bond donors (Lipinski definition) is 0. The Morgan fingerprint density at radius 1 is 0.906 bits per heavy atom. The van der Waals surface area contributed by atoms with Gasteiger partial charge in [0.15, 0.2) is 11.5 Å². The van der Waals surface area contributed by atoms with Crippen molar-refractivity contribution in [3.05, 3.63) is 95.3 Å². The number of imide groups is 1. The SMILES string of the molecule is COc1cc(C[C@H]2SC(=O)N(Cc3ccc(F)cc3)C2=O)ccc1OCc1ccccc1. The second kappa shape index (κ2) is 9.87. The minimum atomic E-state index is -0.510. The first-order valence-electron chi connectivity index (χ1n) is 10.1. The summed E-state index contributed by atoms with van der Waals surface area (Å²) in [6, 6.07) is 21.1. The second-order valence-electron chi connectivity index (χ2n) is 7.39. The monoisotopic (exact) mass is 451 g/mol. The first-order chi connectivity index (χ1) is 15.5. The Hall–Kier alpha value is -3.32. The van der Waals surface area contributed by atoms with E-state index in [-0.39, 0.29) is 23.5 Å². The summed E-state index contributed by atoms with van der Waals surface area (Å²) < 4.78 is 24.5. The molecule has 7 heteroatoms. The van der Waals surface area contributed by atoms with E-state index < -0.39 is 5.25 Å². The lowest BCUT2D eigenvalue weighted by molar-refractivity contribution is -0.127. The van der Waals surface area contributed by atoms with E-state index in [1.54, 1.807) is 19.2 Å². The summed E-state index contributed by atoms with van der Waals surface area (Å²) in [7, 11) is 1.57. The summed E-state index contributed by atoms with van der Waals surface area (Å²) in [6.07, 6.45) is 0.393. The van der Waals surface area contributed by atoms with Crippen LogP contribution in [0.15, 0.2) is 72.8 Å². The molecule has 3 aromatic carbocycles. The predicted molar refractivity (Wildman–Crippen MR) is 121 cm³/mol. The van der Waals surface area contributed by atoms with Crippen molar-refractivity contribution < 1.29 is 23.5 Å². The molecule has 5 nitrogen and oxygen atoms in total. The van der Waals surface area contributed by atoms with Crippen LogP contribution in [0, 0.1) is 5.82 Å². The number of halogens is 1. The number of nitrogens with zero attached hydrogens (tertiary/aromatic N) is 1. The van der Waals surface area contributed by atoms with Crippen molar-refractivity contribution in [2.75, 3.05) is 7.11 Å². The maximum Gasteiger partial charge on any atom is 0.289 e. The average Bonchev–Trinajstić information content (AvgIpc) is 3.07. The van der Waals surface area contributed by atoms with Gasteiger partial charge in [-0.05, 0) is 47.4 Å². The molecule has 0 spiro atoms. The third kappa shape index (κ3) is 5.11. The molecule has 2 amide bonds. The standard InChI is InChI=1S/C25H22FNO4S/c1-30-22-13-19(9-12-21(22)31-16-18-5-3-2-4-6-18)14-23-24(28)27(25(29)32-23)15-17-7-10-20(26)11-8-17/h2-13,23H,14-16H2,1H3/t23-/m1/s1. The van der Waals surface area contributed by atoms with Gasteiger partial charge in [0.1, 0.15) is 12.4 Å². The van der Waals surface area contributed by atoms with Crippen molar-refractivity contribution >= 4 is 22.9 Å². The molecule has 4 rings (SSSR count). The van der Waals surface area contributed by atoms with E-state index in [1.165, 1.54) is 17.0 Å².